The number of amides is 1. The highest BCUT2D eigenvalue weighted by Gasteiger charge is 2.37. The standard InChI is InChI=1S/C15H28N2O2.ClH/c1-3-19-8-7-15(5-4-6-15)11-17-14(18)12(2)13-9-16-10-13;/h12-13,16H,3-11H2,1-2H3,(H,17,18);1H. The molecule has 1 heterocycles. The lowest BCUT2D eigenvalue weighted by Crippen LogP contribution is -2.51. The Morgan fingerprint density at radius 2 is 2.15 bits per heavy atom. The van der Waals surface area contributed by atoms with Crippen molar-refractivity contribution in [3.63, 3.8) is 0 Å². The highest BCUT2D eigenvalue weighted by molar-refractivity contribution is 5.85. The van der Waals surface area contributed by atoms with Crippen LogP contribution in [-0.4, -0.2) is 38.8 Å². The van der Waals surface area contributed by atoms with E-state index in [-0.39, 0.29) is 24.2 Å². The molecule has 0 radical (unpaired) electrons. The Balaban J connectivity index is 0.00000200. The third-order valence-electron chi connectivity index (χ3n) is 4.97. The van der Waals surface area contributed by atoms with Gasteiger partial charge in [0.15, 0.2) is 0 Å². The van der Waals surface area contributed by atoms with Gasteiger partial charge >= 0.3 is 0 Å². The summed E-state index contributed by atoms with van der Waals surface area (Å²) in [6, 6.07) is 0. The molecule has 2 N–H and O–H groups in total. The van der Waals surface area contributed by atoms with E-state index in [0.29, 0.717) is 11.3 Å². The molecule has 0 bridgehead atoms. The number of hydrogen-bond donors (Lipinski definition) is 2. The molecule has 0 aromatic rings. The van der Waals surface area contributed by atoms with E-state index in [1.165, 1.54) is 19.3 Å². The summed E-state index contributed by atoms with van der Waals surface area (Å²) >= 11 is 0. The highest BCUT2D eigenvalue weighted by Crippen LogP contribution is 2.43. The van der Waals surface area contributed by atoms with Gasteiger partial charge in [-0.15, -0.1) is 12.4 Å². The fourth-order valence-electron chi connectivity index (χ4n) is 2.94. The van der Waals surface area contributed by atoms with Crippen LogP contribution in [0.4, 0.5) is 0 Å². The highest BCUT2D eigenvalue weighted by atomic mass is 35.5. The summed E-state index contributed by atoms with van der Waals surface area (Å²) < 4.78 is 5.46. The number of hydrogen-bond acceptors (Lipinski definition) is 3. The number of carbonyl (C=O) groups is 1. The van der Waals surface area contributed by atoms with Gasteiger partial charge in [0.25, 0.3) is 0 Å². The maximum absolute atomic E-state index is 12.1. The molecule has 2 aliphatic rings. The van der Waals surface area contributed by atoms with Gasteiger partial charge in [-0.25, -0.2) is 0 Å². The molecule has 20 heavy (non-hydrogen) atoms. The predicted molar refractivity (Wildman–Crippen MR) is 83.2 cm³/mol. The molecule has 1 saturated heterocycles. The van der Waals surface area contributed by atoms with Crippen molar-refractivity contribution in [3.8, 4) is 0 Å². The molecular weight excluding hydrogens is 276 g/mol. The smallest absolute Gasteiger partial charge is 0.223 e. The molecule has 1 unspecified atom stereocenters. The van der Waals surface area contributed by atoms with Gasteiger partial charge < -0.3 is 15.4 Å². The van der Waals surface area contributed by atoms with E-state index in [1.807, 2.05) is 6.92 Å². The molecule has 1 aliphatic carbocycles. The number of carbonyl (C=O) groups excluding carboxylic acids is 1. The van der Waals surface area contributed by atoms with E-state index < -0.39 is 0 Å². The molecule has 1 atom stereocenters. The van der Waals surface area contributed by atoms with Crippen LogP contribution in [0.25, 0.3) is 0 Å². The number of halogens is 1. The summed E-state index contributed by atoms with van der Waals surface area (Å²) in [5.74, 6) is 0.903. The molecule has 0 aromatic carbocycles. The lowest BCUT2D eigenvalue weighted by Gasteiger charge is -2.42. The first-order valence-corrected chi connectivity index (χ1v) is 7.73. The first-order valence-electron chi connectivity index (χ1n) is 7.73. The van der Waals surface area contributed by atoms with E-state index in [4.69, 9.17) is 4.74 Å². The predicted octanol–water partition coefficient (Wildman–Crippen LogP) is 1.98. The molecule has 4 nitrogen and oxygen atoms in total. The third kappa shape index (κ3) is 4.34. The molecular formula is C15H29ClN2O2. The fourth-order valence-corrected chi connectivity index (χ4v) is 2.94. The van der Waals surface area contributed by atoms with E-state index in [0.717, 1.165) is 39.3 Å². The molecule has 1 aliphatic heterocycles. The van der Waals surface area contributed by atoms with Crippen LogP contribution in [0, 0.1) is 17.3 Å². The summed E-state index contributed by atoms with van der Waals surface area (Å²) in [5.41, 5.74) is 0.322. The monoisotopic (exact) mass is 304 g/mol. The Morgan fingerprint density at radius 1 is 1.45 bits per heavy atom. The molecule has 0 aromatic heterocycles. The first-order chi connectivity index (χ1) is 9.17. The van der Waals surface area contributed by atoms with Crippen LogP contribution < -0.4 is 10.6 Å². The molecule has 1 saturated carbocycles. The Hall–Kier alpha value is -0.320. The number of ether oxygens (including phenoxy) is 1. The van der Waals surface area contributed by atoms with Crippen molar-refractivity contribution < 1.29 is 9.53 Å². The van der Waals surface area contributed by atoms with Crippen molar-refractivity contribution in [1.82, 2.24) is 10.6 Å². The zero-order valence-electron chi connectivity index (χ0n) is 12.7. The fraction of sp³-hybridized carbons (Fsp3) is 0.933. The van der Waals surface area contributed by atoms with Gasteiger partial charge in [-0.2, -0.15) is 0 Å². The minimum absolute atomic E-state index is 0. The molecule has 2 fully saturated rings. The second-order valence-corrected chi connectivity index (χ2v) is 6.23. The minimum atomic E-state index is 0. The maximum atomic E-state index is 12.1. The van der Waals surface area contributed by atoms with Crippen molar-refractivity contribution >= 4 is 18.3 Å². The first kappa shape index (κ1) is 17.7. The third-order valence-corrected chi connectivity index (χ3v) is 4.97. The van der Waals surface area contributed by atoms with Gasteiger partial charge in [-0.3, -0.25) is 4.79 Å². The average Bonchev–Trinajstić information content (AvgIpc) is 2.28. The summed E-state index contributed by atoms with van der Waals surface area (Å²) in [6.45, 7) is 8.51. The topological polar surface area (TPSA) is 50.4 Å². The van der Waals surface area contributed by atoms with Crippen LogP contribution in [0.5, 0.6) is 0 Å². The Bertz CT molecular complexity index is 304. The Morgan fingerprint density at radius 3 is 2.60 bits per heavy atom. The summed E-state index contributed by atoms with van der Waals surface area (Å²) in [7, 11) is 0. The van der Waals surface area contributed by atoms with Crippen LogP contribution in [0.2, 0.25) is 0 Å². The van der Waals surface area contributed by atoms with Crippen molar-refractivity contribution in [2.24, 2.45) is 17.3 Å². The van der Waals surface area contributed by atoms with Gasteiger partial charge in [0.1, 0.15) is 0 Å². The number of nitrogens with one attached hydrogen (secondary N) is 2. The zero-order valence-corrected chi connectivity index (χ0v) is 13.6. The summed E-state index contributed by atoms with van der Waals surface area (Å²) in [4.78, 5) is 12.1. The van der Waals surface area contributed by atoms with Crippen LogP contribution in [0.3, 0.4) is 0 Å². The normalized spacial score (nSPS) is 22.1. The van der Waals surface area contributed by atoms with Crippen molar-refractivity contribution in [2.45, 2.75) is 39.5 Å². The second kappa shape index (κ2) is 8.20. The SMILES string of the molecule is CCOCCC1(CNC(=O)C(C)C2CNC2)CCC1.Cl. The van der Waals surface area contributed by atoms with Crippen LogP contribution >= 0.6 is 12.4 Å². The van der Waals surface area contributed by atoms with Gasteiger partial charge in [0, 0.05) is 25.7 Å². The summed E-state index contributed by atoms with van der Waals surface area (Å²) in [5, 5.41) is 6.41. The van der Waals surface area contributed by atoms with Crippen molar-refractivity contribution in [3.05, 3.63) is 0 Å². The summed E-state index contributed by atoms with van der Waals surface area (Å²) in [6.07, 6.45) is 4.85. The van der Waals surface area contributed by atoms with Gasteiger partial charge in [-0.1, -0.05) is 13.3 Å². The second-order valence-electron chi connectivity index (χ2n) is 6.23. The lowest BCUT2D eigenvalue weighted by molar-refractivity contribution is -0.127. The molecule has 0 spiro atoms. The van der Waals surface area contributed by atoms with Crippen LogP contribution in [-0.2, 0) is 9.53 Å². The van der Waals surface area contributed by atoms with E-state index in [9.17, 15) is 4.79 Å². The van der Waals surface area contributed by atoms with Gasteiger partial charge in [0.2, 0.25) is 5.91 Å². The molecule has 2 rings (SSSR count). The zero-order chi connectivity index (χ0) is 13.7. The van der Waals surface area contributed by atoms with Crippen LogP contribution in [0.1, 0.15) is 39.5 Å². The van der Waals surface area contributed by atoms with Gasteiger partial charge in [0.05, 0.1) is 0 Å². The van der Waals surface area contributed by atoms with Crippen LogP contribution in [0.15, 0.2) is 0 Å². The Labute approximate surface area is 128 Å². The molecule has 5 heteroatoms. The molecule has 118 valence electrons. The van der Waals surface area contributed by atoms with Crippen molar-refractivity contribution in [1.29, 1.82) is 0 Å². The van der Waals surface area contributed by atoms with E-state index >= 15 is 0 Å². The van der Waals surface area contributed by atoms with E-state index in [1.54, 1.807) is 0 Å². The average molecular weight is 305 g/mol. The Kier molecular flexibility index (Phi) is 7.27. The van der Waals surface area contributed by atoms with Gasteiger partial charge in [-0.05, 0) is 50.6 Å². The quantitative estimate of drug-likeness (QED) is 0.674. The van der Waals surface area contributed by atoms with E-state index in [2.05, 4.69) is 17.6 Å². The van der Waals surface area contributed by atoms with Crippen molar-refractivity contribution in [2.75, 3.05) is 32.8 Å². The maximum Gasteiger partial charge on any atom is 0.223 e. The lowest BCUT2D eigenvalue weighted by atomic mass is 9.66. The largest absolute Gasteiger partial charge is 0.382 e. The minimum Gasteiger partial charge on any atom is -0.382 e. The molecule has 1 amide bonds. The number of rotatable bonds is 8.